The first-order chi connectivity index (χ1) is 13.5. The highest BCUT2D eigenvalue weighted by atomic mass is 32.1. The van der Waals surface area contributed by atoms with Crippen molar-refractivity contribution in [1.82, 2.24) is 5.32 Å². The molecule has 0 spiro atoms. The first-order valence-electron chi connectivity index (χ1n) is 9.40. The summed E-state index contributed by atoms with van der Waals surface area (Å²) in [4.78, 5) is 10.5. The minimum atomic E-state index is -0.783. The predicted molar refractivity (Wildman–Crippen MR) is 118 cm³/mol. The van der Waals surface area contributed by atoms with Crippen LogP contribution in [0.25, 0.3) is 11.1 Å². The molecule has 0 saturated carbocycles. The van der Waals surface area contributed by atoms with Crippen LogP contribution < -0.4 is 5.32 Å². The molecule has 2 N–H and O–H groups in total. The highest BCUT2D eigenvalue weighted by Crippen LogP contribution is 2.32. The third kappa shape index (κ3) is 5.24. The highest BCUT2D eigenvalue weighted by molar-refractivity contribution is 7.80. The highest BCUT2D eigenvalue weighted by Gasteiger charge is 2.11. The Morgan fingerprint density at radius 1 is 1.00 bits per heavy atom. The Hall–Kier alpha value is -2.56. The molecule has 0 aromatic heterocycles. The van der Waals surface area contributed by atoms with E-state index < -0.39 is 5.97 Å². The van der Waals surface area contributed by atoms with Crippen molar-refractivity contribution in [2.45, 2.75) is 25.1 Å². The second-order valence-corrected chi connectivity index (χ2v) is 7.42. The number of nitrogens with one attached hydrogen (secondary N) is 1. The summed E-state index contributed by atoms with van der Waals surface area (Å²) in [6.45, 7) is 3.27. The molecule has 144 valence electrons. The van der Waals surface area contributed by atoms with Crippen LogP contribution in [-0.4, -0.2) is 17.6 Å². The van der Waals surface area contributed by atoms with Gasteiger partial charge in [-0.15, -0.1) is 0 Å². The Balaban J connectivity index is 1.67. The number of aliphatic carboxylic acids is 1. The quantitative estimate of drug-likeness (QED) is 0.363. The number of hydrogen-bond acceptors (Lipinski definition) is 3. The lowest BCUT2D eigenvalue weighted by molar-refractivity contribution is -0.136. The number of carboxylic acids is 1. The molecule has 0 fully saturated rings. The molecule has 3 rings (SSSR count). The normalized spacial score (nSPS) is 11.9. The molecule has 0 radical (unpaired) electrons. The Bertz CT molecular complexity index is 923. The predicted octanol–water partition coefficient (Wildman–Crippen LogP) is 5.25. The molecule has 0 saturated heterocycles. The van der Waals surface area contributed by atoms with Gasteiger partial charge in [0.25, 0.3) is 0 Å². The number of rotatable bonds is 8. The zero-order valence-corrected chi connectivity index (χ0v) is 16.8. The zero-order valence-electron chi connectivity index (χ0n) is 15.9. The van der Waals surface area contributed by atoms with Crippen LogP contribution in [0.2, 0.25) is 0 Å². The maximum absolute atomic E-state index is 10.5. The molecule has 3 aromatic rings. The number of thiol groups is 1. The number of hydrogen-bond donors (Lipinski definition) is 3. The van der Waals surface area contributed by atoms with Crippen LogP contribution in [0.4, 0.5) is 0 Å². The van der Waals surface area contributed by atoms with E-state index in [1.807, 2.05) is 6.07 Å². The molecular weight excluding hydrogens is 366 g/mol. The smallest absolute Gasteiger partial charge is 0.304 e. The molecule has 1 atom stereocenters. The fraction of sp³-hybridized carbons (Fsp3) is 0.208. The zero-order chi connectivity index (χ0) is 19.9. The number of carboxylic acid groups (broad SMARTS) is 1. The molecule has 1 unspecified atom stereocenters. The Morgan fingerprint density at radius 2 is 1.68 bits per heavy atom. The van der Waals surface area contributed by atoms with Crippen molar-refractivity contribution >= 4 is 18.6 Å². The molecule has 0 bridgehead atoms. The van der Waals surface area contributed by atoms with Crippen molar-refractivity contribution in [2.24, 2.45) is 0 Å². The van der Waals surface area contributed by atoms with E-state index in [1.165, 1.54) is 22.3 Å². The third-order valence-electron chi connectivity index (χ3n) is 4.79. The van der Waals surface area contributed by atoms with Gasteiger partial charge in [0.05, 0.1) is 11.7 Å². The van der Waals surface area contributed by atoms with E-state index >= 15 is 0 Å². The van der Waals surface area contributed by atoms with Crippen LogP contribution in [0.3, 0.4) is 0 Å². The van der Waals surface area contributed by atoms with Crippen molar-refractivity contribution in [1.29, 1.82) is 0 Å². The fourth-order valence-corrected chi connectivity index (χ4v) is 3.57. The molecule has 3 aromatic carbocycles. The minimum Gasteiger partial charge on any atom is -0.481 e. The van der Waals surface area contributed by atoms with Crippen molar-refractivity contribution < 1.29 is 9.90 Å². The SMILES string of the molecule is Cc1cc(C(S)c2ccc(CNCCC(=O)O)cc2)ccc1-c1ccccc1. The summed E-state index contributed by atoms with van der Waals surface area (Å²) < 4.78 is 0. The molecule has 28 heavy (non-hydrogen) atoms. The summed E-state index contributed by atoms with van der Waals surface area (Å²) in [7, 11) is 0. The molecule has 0 aliphatic heterocycles. The molecular formula is C24H25NO2S. The number of aryl methyl sites for hydroxylation is 1. The lowest BCUT2D eigenvalue weighted by Gasteiger charge is -2.15. The van der Waals surface area contributed by atoms with Gasteiger partial charge in [-0.1, -0.05) is 72.8 Å². The van der Waals surface area contributed by atoms with Gasteiger partial charge in [-0.2, -0.15) is 12.6 Å². The number of benzene rings is 3. The standard InChI is InChI=1S/C24H25NO2S/c1-17-15-21(11-12-22(17)19-5-3-2-4-6-19)24(28)20-9-7-18(8-10-20)16-25-14-13-23(26)27/h2-12,15,24-25,28H,13-14,16H2,1H3,(H,26,27). The van der Waals surface area contributed by atoms with E-state index in [1.54, 1.807) is 0 Å². The second kappa shape index (κ2) is 9.58. The topological polar surface area (TPSA) is 49.3 Å². The van der Waals surface area contributed by atoms with E-state index in [4.69, 9.17) is 17.7 Å². The van der Waals surface area contributed by atoms with E-state index in [-0.39, 0.29) is 11.7 Å². The van der Waals surface area contributed by atoms with Crippen molar-refractivity contribution in [3.8, 4) is 11.1 Å². The number of carbonyl (C=O) groups is 1. The van der Waals surface area contributed by atoms with Crippen LogP contribution in [0.15, 0.2) is 72.8 Å². The molecule has 0 amide bonds. The van der Waals surface area contributed by atoms with Crippen LogP contribution in [-0.2, 0) is 11.3 Å². The first kappa shape index (κ1) is 20.2. The molecule has 3 nitrogen and oxygen atoms in total. The minimum absolute atomic E-state index is 0.0116. The molecule has 4 heteroatoms. The van der Waals surface area contributed by atoms with Crippen molar-refractivity contribution in [3.63, 3.8) is 0 Å². The van der Waals surface area contributed by atoms with Crippen LogP contribution in [0.1, 0.15) is 33.9 Å². The second-order valence-electron chi connectivity index (χ2n) is 6.91. The van der Waals surface area contributed by atoms with Gasteiger partial charge < -0.3 is 10.4 Å². The van der Waals surface area contributed by atoms with E-state index in [2.05, 4.69) is 79.0 Å². The van der Waals surface area contributed by atoms with Gasteiger partial charge >= 0.3 is 5.97 Å². The Kier molecular flexibility index (Phi) is 6.90. The summed E-state index contributed by atoms with van der Waals surface area (Å²) in [6, 6.07) is 25.2. The monoisotopic (exact) mass is 391 g/mol. The average molecular weight is 392 g/mol. The fourth-order valence-electron chi connectivity index (χ4n) is 3.24. The molecule has 0 aliphatic rings. The Labute approximate surface area is 171 Å². The van der Waals surface area contributed by atoms with Gasteiger partial charge in [-0.05, 0) is 40.3 Å². The summed E-state index contributed by atoms with van der Waals surface area (Å²) in [5, 5.41) is 11.8. The van der Waals surface area contributed by atoms with E-state index in [9.17, 15) is 4.79 Å². The van der Waals surface area contributed by atoms with E-state index in [0.29, 0.717) is 13.1 Å². The van der Waals surface area contributed by atoms with Crippen LogP contribution in [0.5, 0.6) is 0 Å². The lowest BCUT2D eigenvalue weighted by Crippen LogP contribution is -2.17. The van der Waals surface area contributed by atoms with Gasteiger partial charge in [0.15, 0.2) is 0 Å². The van der Waals surface area contributed by atoms with Gasteiger partial charge in [0.2, 0.25) is 0 Å². The summed E-state index contributed by atoms with van der Waals surface area (Å²) in [5.74, 6) is -0.783. The molecule has 0 heterocycles. The van der Waals surface area contributed by atoms with Gasteiger partial charge in [0, 0.05) is 13.1 Å². The molecule has 0 aliphatic carbocycles. The lowest BCUT2D eigenvalue weighted by atomic mass is 9.95. The van der Waals surface area contributed by atoms with Gasteiger partial charge in [-0.25, -0.2) is 0 Å². The van der Waals surface area contributed by atoms with Crippen LogP contribution >= 0.6 is 12.6 Å². The average Bonchev–Trinajstić information content (AvgIpc) is 2.71. The van der Waals surface area contributed by atoms with E-state index in [0.717, 1.165) is 11.1 Å². The maximum atomic E-state index is 10.5. The Morgan fingerprint density at radius 3 is 2.32 bits per heavy atom. The van der Waals surface area contributed by atoms with Gasteiger partial charge in [-0.3, -0.25) is 4.79 Å². The maximum Gasteiger partial charge on any atom is 0.304 e. The third-order valence-corrected chi connectivity index (χ3v) is 5.39. The van der Waals surface area contributed by atoms with Crippen molar-refractivity contribution in [3.05, 3.63) is 95.1 Å². The van der Waals surface area contributed by atoms with Crippen molar-refractivity contribution in [2.75, 3.05) is 6.54 Å². The van der Waals surface area contributed by atoms with Crippen LogP contribution in [0, 0.1) is 6.92 Å². The first-order valence-corrected chi connectivity index (χ1v) is 9.91. The summed E-state index contributed by atoms with van der Waals surface area (Å²) >= 11 is 4.84. The summed E-state index contributed by atoms with van der Waals surface area (Å²) in [5.41, 5.74) is 7.15. The summed E-state index contributed by atoms with van der Waals surface area (Å²) in [6.07, 6.45) is 0.134. The van der Waals surface area contributed by atoms with Gasteiger partial charge in [0.1, 0.15) is 0 Å². The largest absolute Gasteiger partial charge is 0.481 e.